The van der Waals surface area contributed by atoms with Crippen molar-refractivity contribution in [3.05, 3.63) is 47.2 Å². The lowest BCUT2D eigenvalue weighted by molar-refractivity contribution is -0.151. The second-order valence-electron chi connectivity index (χ2n) is 6.48. The highest BCUT2D eigenvalue weighted by Gasteiger charge is 2.55. The van der Waals surface area contributed by atoms with Crippen LogP contribution >= 0.6 is 23.4 Å². The molecule has 2 heterocycles. The molecule has 29 heavy (non-hydrogen) atoms. The predicted octanol–water partition coefficient (Wildman–Crippen LogP) is 0.339. The third kappa shape index (κ3) is 3.96. The topological polar surface area (TPSA) is 139 Å². The minimum Gasteiger partial charge on any atom is -0.477 e. The Morgan fingerprint density at radius 2 is 2.03 bits per heavy atom. The molecule has 3 atom stereocenters. The molecule has 1 fully saturated rings. The molecule has 0 radical (unpaired) electrons. The van der Waals surface area contributed by atoms with E-state index in [1.54, 1.807) is 30.3 Å². The molecular weight excluding hydrogens is 422 g/mol. The summed E-state index contributed by atoms with van der Waals surface area (Å²) in [6.45, 7) is 0.983. The number of esters is 1. The molecule has 154 valence electrons. The van der Waals surface area contributed by atoms with Crippen molar-refractivity contribution in [2.45, 2.75) is 23.3 Å². The Bertz CT molecular complexity index is 904. The molecule has 3 rings (SSSR count). The Balaban J connectivity index is 1.76. The number of hydrogen-bond acceptors (Lipinski definition) is 7. The molecule has 2 aliphatic heterocycles. The Hall–Kier alpha value is -2.56. The fraction of sp³-hybridized carbons (Fsp3) is 0.333. The van der Waals surface area contributed by atoms with Crippen molar-refractivity contribution < 1.29 is 29.0 Å². The maximum absolute atomic E-state index is 12.6. The molecule has 2 amide bonds. The predicted molar refractivity (Wildman–Crippen MR) is 104 cm³/mol. The number of hydrogen-bond donors (Lipinski definition) is 3. The van der Waals surface area contributed by atoms with Crippen LogP contribution in [0.1, 0.15) is 12.5 Å². The van der Waals surface area contributed by atoms with Crippen LogP contribution in [0.3, 0.4) is 0 Å². The quantitative estimate of drug-likeness (QED) is 0.249. The number of β-lactam (4-membered cyclic amide) rings is 1. The second kappa shape index (κ2) is 8.05. The Labute approximate surface area is 175 Å². The monoisotopic (exact) mass is 439 g/mol. The zero-order valence-electron chi connectivity index (χ0n) is 15.3. The van der Waals surface area contributed by atoms with E-state index < -0.39 is 40.2 Å². The van der Waals surface area contributed by atoms with Gasteiger partial charge in [0.05, 0.1) is 0 Å². The average Bonchev–Trinajstić information content (AvgIpc) is 2.69. The minimum absolute atomic E-state index is 0.223. The smallest absolute Gasteiger partial charge is 0.352 e. The summed E-state index contributed by atoms with van der Waals surface area (Å²) in [5, 5.41) is 11.4. The number of carbonyl (C=O) groups is 4. The Kier molecular flexibility index (Phi) is 5.87. The number of nitrogens with zero attached hydrogens (tertiary/aromatic N) is 1. The van der Waals surface area contributed by atoms with Gasteiger partial charge in [-0.3, -0.25) is 19.3 Å². The first-order chi connectivity index (χ1) is 13.6. The van der Waals surface area contributed by atoms with Crippen molar-refractivity contribution in [2.75, 3.05) is 12.4 Å². The van der Waals surface area contributed by atoms with E-state index in [1.807, 2.05) is 0 Å². The van der Waals surface area contributed by atoms with Gasteiger partial charge >= 0.3 is 11.9 Å². The standard InChI is InChI=1S/C18H18ClN3O6S/c1-9(23)28-7-10-8-29-15-12(14(24)22(15)13(10)16(25)26)21-17(27)18(19,20)11-5-3-2-4-6-11/h2-6,12,15H,7-8,20H2,1H3,(H,21,27)(H,25,26)/t12-,15-,18?/m1/s1. The summed E-state index contributed by atoms with van der Waals surface area (Å²) in [4.78, 5) is 47.1. The van der Waals surface area contributed by atoms with Crippen LogP contribution in [0.2, 0.25) is 0 Å². The van der Waals surface area contributed by atoms with Gasteiger partial charge in [0.2, 0.25) is 0 Å². The first kappa shape index (κ1) is 21.2. The van der Waals surface area contributed by atoms with Crippen LogP contribution in [-0.2, 0) is 28.9 Å². The number of thioether (sulfide) groups is 1. The van der Waals surface area contributed by atoms with Crippen molar-refractivity contribution >= 4 is 47.1 Å². The van der Waals surface area contributed by atoms with Crippen molar-refractivity contribution in [3.8, 4) is 0 Å². The van der Waals surface area contributed by atoms with E-state index in [4.69, 9.17) is 22.1 Å². The van der Waals surface area contributed by atoms with E-state index >= 15 is 0 Å². The molecule has 0 aromatic heterocycles. The van der Waals surface area contributed by atoms with Crippen LogP contribution in [0.5, 0.6) is 0 Å². The largest absolute Gasteiger partial charge is 0.477 e. The number of alkyl halides is 1. The SMILES string of the molecule is CC(=O)OCC1=C(C(=O)O)N2C(=O)[C@@H](NC(=O)C(N)(Cl)c3ccccc3)[C@H]2SC1. The number of carboxylic acid groups (broad SMARTS) is 1. The number of nitrogens with one attached hydrogen (secondary N) is 1. The third-order valence-corrected chi connectivity index (χ3v) is 6.24. The normalized spacial score (nSPS) is 22.9. The zero-order chi connectivity index (χ0) is 21.3. The average molecular weight is 440 g/mol. The van der Waals surface area contributed by atoms with Gasteiger partial charge in [-0.15, -0.1) is 11.8 Å². The highest BCUT2D eigenvalue weighted by molar-refractivity contribution is 8.00. The molecule has 0 bridgehead atoms. The summed E-state index contributed by atoms with van der Waals surface area (Å²) in [5.41, 5.74) is 6.38. The maximum atomic E-state index is 12.6. The van der Waals surface area contributed by atoms with Crippen molar-refractivity contribution in [1.82, 2.24) is 10.2 Å². The molecule has 1 aromatic carbocycles. The first-order valence-corrected chi connectivity index (χ1v) is 9.95. The molecule has 0 aliphatic carbocycles. The molecule has 1 unspecified atom stereocenters. The van der Waals surface area contributed by atoms with Gasteiger partial charge in [0.15, 0.2) is 5.00 Å². The van der Waals surface area contributed by atoms with E-state index in [2.05, 4.69) is 5.32 Å². The van der Waals surface area contributed by atoms with Gasteiger partial charge in [-0.1, -0.05) is 41.9 Å². The van der Waals surface area contributed by atoms with Crippen LogP contribution < -0.4 is 11.1 Å². The minimum atomic E-state index is -1.88. The summed E-state index contributed by atoms with van der Waals surface area (Å²) in [6, 6.07) is 7.30. The van der Waals surface area contributed by atoms with E-state index in [1.165, 1.54) is 18.7 Å². The number of aliphatic carboxylic acids is 1. The third-order valence-electron chi connectivity index (χ3n) is 4.51. The highest BCUT2D eigenvalue weighted by atomic mass is 35.5. The Morgan fingerprint density at radius 1 is 1.38 bits per heavy atom. The van der Waals surface area contributed by atoms with E-state index in [-0.39, 0.29) is 18.1 Å². The van der Waals surface area contributed by atoms with Gasteiger partial charge < -0.3 is 20.9 Å². The van der Waals surface area contributed by atoms with Crippen molar-refractivity contribution in [3.63, 3.8) is 0 Å². The molecule has 0 saturated carbocycles. The molecule has 4 N–H and O–H groups in total. The summed E-state index contributed by atoms with van der Waals surface area (Å²) < 4.78 is 4.87. The van der Waals surface area contributed by atoms with Crippen molar-refractivity contribution in [1.29, 1.82) is 0 Å². The molecule has 1 aromatic rings. The Morgan fingerprint density at radius 3 is 2.62 bits per heavy atom. The number of carbonyl (C=O) groups excluding carboxylic acids is 3. The maximum Gasteiger partial charge on any atom is 0.352 e. The number of rotatable bonds is 6. The van der Waals surface area contributed by atoms with Gasteiger partial charge in [-0.2, -0.15) is 0 Å². The molecule has 11 heteroatoms. The van der Waals surface area contributed by atoms with Crippen LogP contribution in [-0.4, -0.2) is 57.5 Å². The molecule has 9 nitrogen and oxygen atoms in total. The highest BCUT2D eigenvalue weighted by Crippen LogP contribution is 2.40. The first-order valence-electron chi connectivity index (χ1n) is 8.52. The number of ether oxygens (including phenoxy) is 1. The van der Waals surface area contributed by atoms with Crippen molar-refractivity contribution in [2.24, 2.45) is 5.73 Å². The second-order valence-corrected chi connectivity index (χ2v) is 8.18. The lowest BCUT2D eigenvalue weighted by atomic mass is 10.0. The fourth-order valence-corrected chi connectivity index (χ4v) is 4.55. The lowest BCUT2D eigenvalue weighted by Crippen LogP contribution is -2.72. The van der Waals surface area contributed by atoms with Crippen LogP contribution in [0.4, 0.5) is 0 Å². The summed E-state index contributed by atoms with van der Waals surface area (Å²) in [7, 11) is 0. The number of amides is 2. The van der Waals surface area contributed by atoms with E-state index in [9.17, 15) is 24.3 Å². The fourth-order valence-electron chi connectivity index (χ4n) is 3.04. The number of benzene rings is 1. The number of fused-ring (bicyclic) bond motifs is 1. The molecule has 1 saturated heterocycles. The summed E-state index contributed by atoms with van der Waals surface area (Å²) >= 11 is 7.46. The van der Waals surface area contributed by atoms with Gasteiger partial charge in [0.25, 0.3) is 11.8 Å². The number of nitrogens with two attached hydrogens (primary N) is 1. The van der Waals surface area contributed by atoms with Gasteiger partial charge in [-0.25, -0.2) is 4.79 Å². The molecule has 0 spiro atoms. The number of halogens is 1. The molecule has 2 aliphatic rings. The van der Waals surface area contributed by atoms with Crippen LogP contribution in [0.15, 0.2) is 41.6 Å². The summed E-state index contributed by atoms with van der Waals surface area (Å²) in [5.74, 6) is -3.02. The van der Waals surface area contributed by atoms with Crippen LogP contribution in [0.25, 0.3) is 0 Å². The summed E-state index contributed by atoms with van der Waals surface area (Å²) in [6.07, 6.45) is 0. The zero-order valence-corrected chi connectivity index (χ0v) is 16.8. The lowest BCUT2D eigenvalue weighted by Gasteiger charge is -2.49. The van der Waals surface area contributed by atoms with Gasteiger partial charge in [0.1, 0.15) is 23.7 Å². The van der Waals surface area contributed by atoms with E-state index in [0.717, 1.165) is 4.90 Å². The van der Waals surface area contributed by atoms with Gasteiger partial charge in [-0.05, 0) is 5.56 Å². The van der Waals surface area contributed by atoms with Crippen LogP contribution in [0, 0.1) is 0 Å². The van der Waals surface area contributed by atoms with Gasteiger partial charge in [0, 0.05) is 18.2 Å². The molecular formula is C18H18ClN3O6S. The number of carboxylic acids is 1. The van der Waals surface area contributed by atoms with E-state index in [0.29, 0.717) is 11.1 Å².